The van der Waals surface area contributed by atoms with Gasteiger partial charge in [0, 0.05) is 18.0 Å². The molecule has 2 aromatic carbocycles. The van der Waals surface area contributed by atoms with E-state index in [2.05, 4.69) is 4.98 Å². The van der Waals surface area contributed by atoms with Gasteiger partial charge in [-0.05, 0) is 49.4 Å². The Labute approximate surface area is 171 Å². The first-order valence-corrected chi connectivity index (χ1v) is 9.76. The number of thioether (sulfide) groups is 1. The average Bonchev–Trinajstić information content (AvgIpc) is 3.20. The monoisotopic (exact) mass is 414 g/mol. The van der Waals surface area contributed by atoms with Gasteiger partial charge < -0.3 is 9.47 Å². The topological polar surface area (TPSA) is 70.4 Å². The number of ketones is 1. The summed E-state index contributed by atoms with van der Waals surface area (Å²) in [5.41, 5.74) is 1.03. The lowest BCUT2D eigenvalue weighted by Gasteiger charge is -2.13. The lowest BCUT2D eigenvalue weighted by atomic mass is 10.1. The summed E-state index contributed by atoms with van der Waals surface area (Å²) in [6, 6.07) is 12.6. The van der Waals surface area contributed by atoms with Crippen molar-refractivity contribution in [3.8, 4) is 11.4 Å². The zero-order valence-corrected chi connectivity index (χ0v) is 16.7. The molecule has 0 amide bonds. The fourth-order valence-electron chi connectivity index (χ4n) is 2.62. The lowest BCUT2D eigenvalue weighted by molar-refractivity contribution is -0.143. The summed E-state index contributed by atoms with van der Waals surface area (Å²) in [5, 5.41) is 0.515. The predicted octanol–water partition coefficient (Wildman–Crippen LogP) is 3.93. The van der Waals surface area contributed by atoms with Crippen LogP contribution in [-0.4, -0.2) is 40.3 Å². The number of rotatable bonds is 8. The second-order valence-corrected chi connectivity index (χ2v) is 7.02. The average molecular weight is 414 g/mol. The third-order valence-electron chi connectivity index (χ3n) is 4.06. The zero-order chi connectivity index (χ0) is 20.8. The summed E-state index contributed by atoms with van der Waals surface area (Å²) < 4.78 is 25.4. The molecule has 0 radical (unpaired) electrons. The minimum Gasteiger partial charge on any atom is -0.497 e. The van der Waals surface area contributed by atoms with E-state index in [9.17, 15) is 14.0 Å². The van der Waals surface area contributed by atoms with Gasteiger partial charge in [0.2, 0.25) is 5.78 Å². The molecule has 0 bridgehead atoms. The molecule has 0 saturated carbocycles. The van der Waals surface area contributed by atoms with Crippen LogP contribution in [0.3, 0.4) is 0 Å². The van der Waals surface area contributed by atoms with Crippen molar-refractivity contribution in [3.05, 3.63) is 72.3 Å². The number of benzene rings is 2. The summed E-state index contributed by atoms with van der Waals surface area (Å²) in [4.78, 5) is 28.8. The summed E-state index contributed by atoms with van der Waals surface area (Å²) in [5.74, 6) is -0.605. The number of methoxy groups -OCH3 is 1. The Balaban J connectivity index is 1.57. The van der Waals surface area contributed by atoms with Gasteiger partial charge in [0.05, 0.1) is 18.6 Å². The van der Waals surface area contributed by atoms with Crippen molar-refractivity contribution in [2.75, 3.05) is 12.9 Å². The first-order valence-electron chi connectivity index (χ1n) is 8.78. The van der Waals surface area contributed by atoms with Crippen LogP contribution in [0.2, 0.25) is 0 Å². The molecule has 1 heterocycles. The Morgan fingerprint density at radius 3 is 2.66 bits per heavy atom. The summed E-state index contributed by atoms with van der Waals surface area (Å²) >= 11 is 1.14. The Bertz CT molecular complexity index is 1000. The maximum Gasteiger partial charge on any atom is 0.317 e. The van der Waals surface area contributed by atoms with Crippen LogP contribution >= 0.6 is 11.8 Å². The number of carbonyl (C=O) groups is 2. The number of esters is 1. The Kier molecular flexibility index (Phi) is 6.66. The maximum absolute atomic E-state index is 13.5. The third-order valence-corrected chi connectivity index (χ3v) is 5.00. The molecular formula is C21H19FN2O4S. The molecule has 0 fully saturated rings. The second-order valence-electron chi connectivity index (χ2n) is 6.07. The Morgan fingerprint density at radius 2 is 1.97 bits per heavy atom. The number of imidazole rings is 1. The molecule has 6 nitrogen and oxygen atoms in total. The first-order chi connectivity index (χ1) is 14.0. The number of hydrogen-bond acceptors (Lipinski definition) is 6. The van der Waals surface area contributed by atoms with Crippen LogP contribution in [0.4, 0.5) is 4.39 Å². The number of hydrogen-bond donors (Lipinski definition) is 0. The van der Waals surface area contributed by atoms with E-state index in [4.69, 9.17) is 9.47 Å². The lowest BCUT2D eigenvalue weighted by Crippen LogP contribution is -2.25. The minimum atomic E-state index is -0.917. The summed E-state index contributed by atoms with van der Waals surface area (Å²) in [7, 11) is 1.54. The molecule has 1 atom stereocenters. The van der Waals surface area contributed by atoms with Crippen LogP contribution in [-0.2, 0) is 9.53 Å². The van der Waals surface area contributed by atoms with Gasteiger partial charge in [-0.15, -0.1) is 0 Å². The highest BCUT2D eigenvalue weighted by atomic mass is 32.2. The number of carbonyl (C=O) groups excluding carboxylic acids is 2. The molecule has 0 aliphatic heterocycles. The molecule has 0 N–H and O–H groups in total. The number of Topliss-reactive ketones (excluding diaryl/α,β-unsaturated/α-hetero) is 1. The van der Waals surface area contributed by atoms with Gasteiger partial charge in [0.25, 0.3) is 0 Å². The molecule has 0 unspecified atom stereocenters. The molecule has 1 aromatic heterocycles. The van der Waals surface area contributed by atoms with Crippen LogP contribution in [0.25, 0.3) is 5.69 Å². The van der Waals surface area contributed by atoms with Crippen LogP contribution in [0.15, 0.2) is 66.1 Å². The van der Waals surface area contributed by atoms with Gasteiger partial charge in [-0.2, -0.15) is 0 Å². The van der Waals surface area contributed by atoms with E-state index in [1.54, 1.807) is 60.5 Å². The summed E-state index contributed by atoms with van der Waals surface area (Å²) in [6.45, 7) is 1.53. The summed E-state index contributed by atoms with van der Waals surface area (Å²) in [6.07, 6.45) is 2.33. The van der Waals surface area contributed by atoms with Gasteiger partial charge in [0.15, 0.2) is 11.3 Å². The van der Waals surface area contributed by atoms with Crippen molar-refractivity contribution in [1.82, 2.24) is 9.55 Å². The van der Waals surface area contributed by atoms with Crippen LogP contribution < -0.4 is 4.74 Å². The quantitative estimate of drug-likeness (QED) is 0.316. The molecule has 8 heteroatoms. The minimum absolute atomic E-state index is 0.0352. The van der Waals surface area contributed by atoms with Crippen molar-refractivity contribution in [2.24, 2.45) is 0 Å². The van der Waals surface area contributed by atoms with E-state index in [1.807, 2.05) is 0 Å². The number of halogens is 1. The molecule has 3 aromatic rings. The fraction of sp³-hybridized carbons (Fsp3) is 0.190. The van der Waals surface area contributed by atoms with Crippen molar-refractivity contribution in [1.29, 1.82) is 0 Å². The predicted molar refractivity (Wildman–Crippen MR) is 107 cm³/mol. The van der Waals surface area contributed by atoms with E-state index in [0.717, 1.165) is 11.8 Å². The van der Waals surface area contributed by atoms with E-state index in [0.29, 0.717) is 22.2 Å². The molecular weight excluding hydrogens is 395 g/mol. The van der Waals surface area contributed by atoms with Crippen molar-refractivity contribution < 1.29 is 23.5 Å². The second kappa shape index (κ2) is 9.38. The number of nitrogens with zero attached hydrogens (tertiary/aromatic N) is 2. The smallest absolute Gasteiger partial charge is 0.317 e. The first kappa shape index (κ1) is 20.6. The standard InChI is InChI=1S/C21H19FN2O4S/c1-14(20(26)15-6-8-18(27-2)9-7-15)28-19(25)13-29-21-23-10-11-24(21)17-5-3-4-16(22)12-17/h3-12,14H,13H2,1-2H3/t14-/m1/s1. The molecule has 0 aliphatic carbocycles. The van der Waals surface area contributed by atoms with Gasteiger partial charge >= 0.3 is 5.97 Å². The van der Waals surface area contributed by atoms with E-state index < -0.39 is 12.1 Å². The molecule has 0 aliphatic rings. The van der Waals surface area contributed by atoms with Crippen LogP contribution in [0.1, 0.15) is 17.3 Å². The van der Waals surface area contributed by atoms with Gasteiger partial charge in [0.1, 0.15) is 11.6 Å². The zero-order valence-electron chi connectivity index (χ0n) is 15.9. The Hall–Kier alpha value is -3.13. The fourth-order valence-corrected chi connectivity index (χ4v) is 3.37. The van der Waals surface area contributed by atoms with Crippen molar-refractivity contribution in [3.63, 3.8) is 0 Å². The van der Waals surface area contributed by atoms with Gasteiger partial charge in [-0.1, -0.05) is 17.8 Å². The highest BCUT2D eigenvalue weighted by Crippen LogP contribution is 2.21. The number of aromatic nitrogens is 2. The number of ether oxygens (including phenoxy) is 2. The van der Waals surface area contributed by atoms with Crippen LogP contribution in [0, 0.1) is 5.82 Å². The molecule has 29 heavy (non-hydrogen) atoms. The van der Waals surface area contributed by atoms with E-state index >= 15 is 0 Å². The largest absolute Gasteiger partial charge is 0.497 e. The van der Waals surface area contributed by atoms with Crippen molar-refractivity contribution in [2.45, 2.75) is 18.2 Å². The molecule has 0 saturated heterocycles. The normalized spacial score (nSPS) is 11.7. The molecule has 3 rings (SSSR count). The van der Waals surface area contributed by atoms with Crippen molar-refractivity contribution >= 4 is 23.5 Å². The maximum atomic E-state index is 13.5. The highest BCUT2D eigenvalue weighted by Gasteiger charge is 2.20. The molecule has 150 valence electrons. The Morgan fingerprint density at radius 1 is 1.21 bits per heavy atom. The van der Waals surface area contributed by atoms with Gasteiger partial charge in [-0.3, -0.25) is 14.2 Å². The SMILES string of the molecule is COc1ccc(C(=O)[C@@H](C)OC(=O)CSc2nccn2-c2cccc(F)c2)cc1. The van der Waals surface area contributed by atoms with Crippen LogP contribution in [0.5, 0.6) is 5.75 Å². The highest BCUT2D eigenvalue weighted by molar-refractivity contribution is 7.99. The van der Waals surface area contributed by atoms with Gasteiger partial charge in [-0.25, -0.2) is 9.37 Å². The molecule has 0 spiro atoms. The third kappa shape index (κ3) is 5.23. The van der Waals surface area contributed by atoms with E-state index in [1.165, 1.54) is 19.1 Å². The van der Waals surface area contributed by atoms with E-state index in [-0.39, 0.29) is 17.4 Å².